The molecule has 0 unspecified atom stereocenters. The van der Waals surface area contributed by atoms with Gasteiger partial charge in [0.1, 0.15) is 5.03 Å². The number of aromatic carboxylic acids is 1. The molecule has 1 fully saturated rings. The maximum atomic E-state index is 12.1. The Labute approximate surface area is 238 Å². The SMILES string of the molecule is O=C(O)c1cccnc1SC[C@@H]1C[C@H](c2ccc(CO)cc2)O[C@H](c2cccc(NC(=O)C(Cl)(Cl)Cl)c2)O1. The number of carbonyl (C=O) groups excluding carboxylic acids is 1. The number of aromatic nitrogens is 1. The van der Waals surface area contributed by atoms with E-state index in [9.17, 15) is 19.8 Å². The molecule has 1 aliphatic heterocycles. The summed E-state index contributed by atoms with van der Waals surface area (Å²) in [6.45, 7) is -0.0699. The smallest absolute Gasteiger partial charge is 0.338 e. The zero-order valence-electron chi connectivity index (χ0n) is 19.7. The van der Waals surface area contributed by atoms with E-state index in [1.165, 1.54) is 17.8 Å². The number of pyridine rings is 1. The van der Waals surface area contributed by atoms with E-state index in [-0.39, 0.29) is 24.4 Å². The minimum atomic E-state index is -2.12. The molecule has 3 N–H and O–H groups in total. The highest BCUT2D eigenvalue weighted by Gasteiger charge is 2.34. The molecule has 4 rings (SSSR count). The molecule has 0 saturated carbocycles. The predicted molar refractivity (Wildman–Crippen MR) is 146 cm³/mol. The van der Waals surface area contributed by atoms with E-state index >= 15 is 0 Å². The number of thioether (sulfide) groups is 1. The second kappa shape index (κ2) is 12.7. The summed E-state index contributed by atoms with van der Waals surface area (Å²) in [5, 5.41) is 21.8. The summed E-state index contributed by atoms with van der Waals surface area (Å²) >= 11 is 18.3. The molecule has 0 aliphatic carbocycles. The maximum Gasteiger partial charge on any atom is 0.338 e. The first-order chi connectivity index (χ1) is 18.1. The Morgan fingerprint density at radius 3 is 2.50 bits per heavy atom. The monoisotopic (exact) mass is 596 g/mol. The van der Waals surface area contributed by atoms with Crippen molar-refractivity contribution >= 4 is 64.1 Å². The number of aliphatic hydroxyl groups is 1. The van der Waals surface area contributed by atoms with Gasteiger partial charge in [0.15, 0.2) is 6.29 Å². The fourth-order valence-corrected chi connectivity index (χ4v) is 4.97. The molecule has 1 aliphatic rings. The molecule has 1 aromatic heterocycles. The molecule has 0 bridgehead atoms. The van der Waals surface area contributed by atoms with Gasteiger partial charge < -0.3 is 25.0 Å². The molecule has 1 amide bonds. The third-order valence-corrected chi connectivity index (χ3v) is 7.35. The number of alkyl halides is 3. The molecule has 2 heterocycles. The minimum Gasteiger partial charge on any atom is -0.478 e. The fourth-order valence-electron chi connectivity index (χ4n) is 3.83. The van der Waals surface area contributed by atoms with Crippen molar-refractivity contribution in [1.29, 1.82) is 0 Å². The molecule has 0 spiro atoms. The zero-order valence-corrected chi connectivity index (χ0v) is 22.8. The van der Waals surface area contributed by atoms with Crippen molar-refractivity contribution in [3.63, 3.8) is 0 Å². The van der Waals surface area contributed by atoms with Gasteiger partial charge in [-0.1, -0.05) is 71.2 Å². The lowest BCUT2D eigenvalue weighted by Gasteiger charge is -2.36. The molecular formula is C26H23Cl3N2O6S. The number of anilines is 1. The number of aliphatic hydroxyl groups excluding tert-OH is 1. The summed E-state index contributed by atoms with van der Waals surface area (Å²) in [6, 6.07) is 17.3. The number of nitrogens with one attached hydrogen (secondary N) is 1. The van der Waals surface area contributed by atoms with Gasteiger partial charge in [-0.3, -0.25) is 4.79 Å². The molecule has 3 aromatic rings. The van der Waals surface area contributed by atoms with Crippen LogP contribution in [0, 0.1) is 0 Å². The van der Waals surface area contributed by atoms with Crippen molar-refractivity contribution in [2.75, 3.05) is 11.1 Å². The third-order valence-electron chi connectivity index (χ3n) is 5.70. The lowest BCUT2D eigenvalue weighted by Crippen LogP contribution is -2.31. The van der Waals surface area contributed by atoms with E-state index < -0.39 is 22.0 Å². The summed E-state index contributed by atoms with van der Waals surface area (Å²) in [7, 11) is 0. The van der Waals surface area contributed by atoms with Gasteiger partial charge in [0.25, 0.3) is 9.70 Å². The molecule has 38 heavy (non-hydrogen) atoms. The van der Waals surface area contributed by atoms with Crippen LogP contribution in [0.15, 0.2) is 71.9 Å². The van der Waals surface area contributed by atoms with Crippen LogP contribution in [-0.2, 0) is 20.9 Å². The van der Waals surface area contributed by atoms with Gasteiger partial charge in [0, 0.05) is 29.6 Å². The summed E-state index contributed by atoms with van der Waals surface area (Å²) in [5.41, 5.74) is 2.82. The number of hydrogen-bond donors (Lipinski definition) is 3. The summed E-state index contributed by atoms with van der Waals surface area (Å²) in [5.74, 6) is -1.43. The highest BCUT2D eigenvalue weighted by molar-refractivity contribution is 7.99. The van der Waals surface area contributed by atoms with Gasteiger partial charge in [0.2, 0.25) is 0 Å². The number of carboxylic acid groups (broad SMARTS) is 1. The van der Waals surface area contributed by atoms with Crippen molar-refractivity contribution < 1.29 is 29.3 Å². The Kier molecular flexibility index (Phi) is 9.54. The van der Waals surface area contributed by atoms with E-state index in [4.69, 9.17) is 44.3 Å². The Bertz CT molecular complexity index is 1290. The van der Waals surface area contributed by atoms with Gasteiger partial charge in [-0.05, 0) is 35.4 Å². The number of carbonyl (C=O) groups is 2. The average Bonchev–Trinajstić information content (AvgIpc) is 2.91. The molecule has 3 atom stereocenters. The van der Waals surface area contributed by atoms with Crippen LogP contribution in [0.2, 0.25) is 0 Å². The van der Waals surface area contributed by atoms with Crippen LogP contribution in [0.4, 0.5) is 5.69 Å². The third kappa shape index (κ3) is 7.39. The fraction of sp³-hybridized carbons (Fsp3) is 0.269. The Morgan fingerprint density at radius 2 is 1.82 bits per heavy atom. The van der Waals surface area contributed by atoms with Crippen LogP contribution in [0.3, 0.4) is 0 Å². The first-order valence-electron chi connectivity index (χ1n) is 11.4. The largest absolute Gasteiger partial charge is 0.478 e. The lowest BCUT2D eigenvalue weighted by atomic mass is 10.0. The minimum absolute atomic E-state index is 0.0699. The summed E-state index contributed by atoms with van der Waals surface area (Å²) in [6.07, 6.45) is 0.564. The predicted octanol–water partition coefficient (Wildman–Crippen LogP) is 5.92. The number of rotatable bonds is 8. The average molecular weight is 598 g/mol. The topological polar surface area (TPSA) is 118 Å². The zero-order chi connectivity index (χ0) is 27.3. The van der Waals surface area contributed by atoms with E-state index in [1.807, 2.05) is 24.3 Å². The van der Waals surface area contributed by atoms with Crippen molar-refractivity contribution in [2.45, 2.75) is 40.3 Å². The first-order valence-corrected chi connectivity index (χ1v) is 13.6. The second-order valence-electron chi connectivity index (χ2n) is 8.40. The van der Waals surface area contributed by atoms with Crippen LogP contribution in [0.1, 0.15) is 45.9 Å². The number of carboxylic acids is 1. The van der Waals surface area contributed by atoms with Crippen molar-refractivity contribution in [3.05, 3.63) is 89.1 Å². The highest BCUT2D eigenvalue weighted by atomic mass is 35.6. The Balaban J connectivity index is 1.57. The van der Waals surface area contributed by atoms with Crippen LogP contribution in [0.5, 0.6) is 0 Å². The maximum absolute atomic E-state index is 12.1. The molecule has 2 aromatic carbocycles. The van der Waals surface area contributed by atoms with Crippen LogP contribution in [-0.4, -0.2) is 42.7 Å². The first kappa shape index (κ1) is 28.6. The Hall–Kier alpha value is -2.37. The Morgan fingerprint density at radius 1 is 1.05 bits per heavy atom. The molecule has 8 nitrogen and oxygen atoms in total. The van der Waals surface area contributed by atoms with Crippen molar-refractivity contribution in [1.82, 2.24) is 4.98 Å². The normalized spacial score (nSPS) is 19.6. The number of nitrogens with zero attached hydrogens (tertiary/aromatic N) is 1. The van der Waals surface area contributed by atoms with Crippen LogP contribution >= 0.6 is 46.6 Å². The molecule has 200 valence electrons. The summed E-state index contributed by atoms with van der Waals surface area (Å²) < 4.78 is 10.5. The van der Waals surface area contributed by atoms with Crippen LogP contribution < -0.4 is 5.32 Å². The highest BCUT2D eigenvalue weighted by Crippen LogP contribution is 2.40. The second-order valence-corrected chi connectivity index (χ2v) is 11.7. The quantitative estimate of drug-likeness (QED) is 0.216. The number of amides is 1. The van der Waals surface area contributed by atoms with E-state index in [0.717, 1.165) is 11.1 Å². The van der Waals surface area contributed by atoms with Gasteiger partial charge in [-0.15, -0.1) is 11.8 Å². The summed E-state index contributed by atoms with van der Waals surface area (Å²) in [4.78, 5) is 27.9. The molecule has 1 saturated heterocycles. The van der Waals surface area contributed by atoms with E-state index in [0.29, 0.717) is 28.5 Å². The number of benzene rings is 2. The van der Waals surface area contributed by atoms with Crippen molar-refractivity contribution in [2.24, 2.45) is 0 Å². The van der Waals surface area contributed by atoms with Gasteiger partial charge in [-0.25, -0.2) is 9.78 Å². The molecule has 12 heteroatoms. The van der Waals surface area contributed by atoms with Crippen LogP contribution in [0.25, 0.3) is 0 Å². The number of hydrogen-bond acceptors (Lipinski definition) is 7. The standard InChI is InChI=1S/C26H23Cl3N2O6S/c27-26(28,29)25(35)31-18-4-1-3-17(11-18)24-36-19(14-38-22-20(23(33)34)5-2-10-30-22)12-21(37-24)16-8-6-15(13-32)7-9-16/h1-11,19,21,24,32H,12-14H2,(H,31,35)(H,33,34)/t19-,21+,24+/m0/s1. The van der Waals surface area contributed by atoms with Crippen molar-refractivity contribution in [3.8, 4) is 0 Å². The lowest BCUT2D eigenvalue weighted by molar-refractivity contribution is -0.245. The number of ether oxygens (including phenoxy) is 2. The number of halogens is 3. The molecule has 0 radical (unpaired) electrons. The van der Waals surface area contributed by atoms with Gasteiger partial charge in [-0.2, -0.15) is 0 Å². The molecular weight excluding hydrogens is 575 g/mol. The van der Waals surface area contributed by atoms with E-state index in [2.05, 4.69) is 10.3 Å². The van der Waals surface area contributed by atoms with E-state index in [1.54, 1.807) is 36.5 Å². The van der Waals surface area contributed by atoms with Gasteiger partial charge >= 0.3 is 5.97 Å². The van der Waals surface area contributed by atoms with Gasteiger partial charge in [0.05, 0.1) is 24.4 Å².